The Kier molecular flexibility index (Phi) is 9.23. The number of aliphatic hydroxyl groups is 1. The molecule has 0 saturated heterocycles. The maximum absolute atomic E-state index is 10.3. The number of nitrogens with zero attached hydrogens (tertiary/aromatic N) is 3. The average Bonchev–Trinajstić information content (AvgIpc) is 3.33. The van der Waals surface area contributed by atoms with Gasteiger partial charge in [0.15, 0.2) is 5.96 Å². The molecule has 0 saturated carbocycles. The van der Waals surface area contributed by atoms with Crippen molar-refractivity contribution in [3.8, 4) is 5.69 Å². The number of nitrogens with one attached hydrogen (secondary N) is 2. The molecule has 1 unspecified atom stereocenters. The molecule has 0 bridgehead atoms. The summed E-state index contributed by atoms with van der Waals surface area (Å²) in [6, 6.07) is 13.6. The number of benzene rings is 1. The van der Waals surface area contributed by atoms with Crippen LogP contribution in [0.25, 0.3) is 5.69 Å². The summed E-state index contributed by atoms with van der Waals surface area (Å²) in [5.74, 6) is 0.645. The van der Waals surface area contributed by atoms with Gasteiger partial charge in [0.2, 0.25) is 0 Å². The lowest BCUT2D eigenvalue weighted by molar-refractivity contribution is 0.184. The number of thiophene rings is 1. The molecule has 1 aromatic carbocycles. The molecule has 28 heavy (non-hydrogen) atoms. The van der Waals surface area contributed by atoms with E-state index in [-0.39, 0.29) is 24.0 Å². The Morgan fingerprint density at radius 3 is 2.71 bits per heavy atom. The molecule has 2 aromatic heterocycles. The Labute approximate surface area is 190 Å². The molecule has 0 amide bonds. The predicted octanol–water partition coefficient (Wildman–Crippen LogP) is 3.99. The van der Waals surface area contributed by atoms with E-state index in [1.807, 2.05) is 60.4 Å². The van der Waals surface area contributed by atoms with Gasteiger partial charge in [-0.25, -0.2) is 9.67 Å². The number of rotatable bonds is 7. The molecular formula is C19H23ClIN5OS. The fourth-order valence-electron chi connectivity index (χ4n) is 2.48. The van der Waals surface area contributed by atoms with Crippen molar-refractivity contribution in [3.05, 3.63) is 69.6 Å². The zero-order valence-electron chi connectivity index (χ0n) is 15.4. The Bertz CT molecular complexity index is 883. The van der Waals surface area contributed by atoms with E-state index in [1.165, 1.54) is 11.3 Å². The van der Waals surface area contributed by atoms with Crippen molar-refractivity contribution < 1.29 is 5.11 Å². The Balaban J connectivity index is 0.00000280. The van der Waals surface area contributed by atoms with Crippen LogP contribution in [0.1, 0.15) is 23.5 Å². The van der Waals surface area contributed by atoms with Crippen LogP contribution in [0.2, 0.25) is 4.34 Å². The van der Waals surface area contributed by atoms with Gasteiger partial charge in [-0.05, 0) is 31.2 Å². The first-order valence-electron chi connectivity index (χ1n) is 8.70. The molecule has 0 aliphatic carbocycles. The molecule has 9 heteroatoms. The van der Waals surface area contributed by atoms with Gasteiger partial charge in [0, 0.05) is 29.7 Å². The van der Waals surface area contributed by atoms with Crippen LogP contribution in [0.5, 0.6) is 0 Å². The van der Waals surface area contributed by atoms with Crippen LogP contribution in [0.3, 0.4) is 0 Å². The highest BCUT2D eigenvalue weighted by Crippen LogP contribution is 2.26. The molecule has 0 fully saturated rings. The standard InChI is InChI=1S/C19H22ClN5OS.HI/c1-2-21-19(23-12-16(26)17-8-9-18(20)27-17)22-10-14-11-24-25(13-14)15-6-4-3-5-7-15;/h3-9,11,13,16,26H,2,10,12H2,1H3,(H2,21,22,23);1H. The first-order chi connectivity index (χ1) is 13.2. The number of aliphatic hydroxyl groups excluding tert-OH is 1. The third kappa shape index (κ3) is 6.47. The molecule has 2 heterocycles. The van der Waals surface area contributed by atoms with E-state index in [9.17, 15) is 5.11 Å². The molecule has 0 aliphatic rings. The summed E-state index contributed by atoms with van der Waals surface area (Å²) in [5.41, 5.74) is 2.01. The van der Waals surface area contributed by atoms with Gasteiger partial charge in [-0.3, -0.25) is 0 Å². The van der Waals surface area contributed by atoms with E-state index >= 15 is 0 Å². The number of para-hydroxylation sites is 1. The zero-order chi connectivity index (χ0) is 19.1. The molecular weight excluding hydrogens is 509 g/mol. The SMILES string of the molecule is CCNC(=NCc1cnn(-c2ccccc2)c1)NCC(O)c1ccc(Cl)s1.I. The van der Waals surface area contributed by atoms with Crippen LogP contribution >= 0.6 is 46.9 Å². The highest BCUT2D eigenvalue weighted by molar-refractivity contribution is 14.0. The minimum atomic E-state index is -0.632. The summed E-state index contributed by atoms with van der Waals surface area (Å²) >= 11 is 7.30. The van der Waals surface area contributed by atoms with Gasteiger partial charge in [0.1, 0.15) is 6.10 Å². The molecule has 0 aliphatic heterocycles. The fraction of sp³-hybridized carbons (Fsp3) is 0.263. The average molecular weight is 532 g/mol. The van der Waals surface area contributed by atoms with Gasteiger partial charge in [0.05, 0.1) is 22.8 Å². The molecule has 3 N–H and O–H groups in total. The normalized spacial score (nSPS) is 12.3. The van der Waals surface area contributed by atoms with Gasteiger partial charge < -0.3 is 15.7 Å². The quantitative estimate of drug-likeness (QED) is 0.245. The number of guanidine groups is 1. The van der Waals surface area contributed by atoms with E-state index in [4.69, 9.17) is 11.6 Å². The second-order valence-corrected chi connectivity index (χ2v) is 7.61. The zero-order valence-corrected chi connectivity index (χ0v) is 19.3. The van der Waals surface area contributed by atoms with Crippen molar-refractivity contribution in [2.24, 2.45) is 4.99 Å². The summed E-state index contributed by atoms with van der Waals surface area (Å²) in [7, 11) is 0. The Morgan fingerprint density at radius 1 is 1.25 bits per heavy atom. The summed E-state index contributed by atoms with van der Waals surface area (Å²) in [5, 5.41) is 21.0. The van der Waals surface area contributed by atoms with Crippen molar-refractivity contribution in [1.29, 1.82) is 0 Å². The van der Waals surface area contributed by atoms with Crippen molar-refractivity contribution in [2.75, 3.05) is 13.1 Å². The Morgan fingerprint density at radius 2 is 2.04 bits per heavy atom. The second-order valence-electron chi connectivity index (χ2n) is 5.86. The van der Waals surface area contributed by atoms with Gasteiger partial charge in [-0.2, -0.15) is 5.10 Å². The van der Waals surface area contributed by atoms with Crippen LogP contribution in [0, 0.1) is 0 Å². The summed E-state index contributed by atoms with van der Waals surface area (Å²) in [4.78, 5) is 5.40. The maximum Gasteiger partial charge on any atom is 0.191 e. The number of aromatic nitrogens is 2. The van der Waals surface area contributed by atoms with Crippen molar-refractivity contribution in [2.45, 2.75) is 19.6 Å². The van der Waals surface area contributed by atoms with Crippen LogP contribution in [-0.4, -0.2) is 33.9 Å². The number of aliphatic imine (C=N–C) groups is 1. The molecule has 1 atom stereocenters. The van der Waals surface area contributed by atoms with E-state index in [0.29, 0.717) is 23.4 Å². The van der Waals surface area contributed by atoms with E-state index < -0.39 is 6.10 Å². The number of hydrogen-bond donors (Lipinski definition) is 3. The van der Waals surface area contributed by atoms with Gasteiger partial charge >= 0.3 is 0 Å². The lowest BCUT2D eigenvalue weighted by Crippen LogP contribution is -2.39. The summed E-state index contributed by atoms with van der Waals surface area (Å²) in [6.45, 7) is 3.57. The van der Waals surface area contributed by atoms with Crippen LogP contribution in [-0.2, 0) is 6.54 Å². The monoisotopic (exact) mass is 531 g/mol. The third-order valence-corrected chi connectivity index (χ3v) is 5.14. The molecule has 6 nitrogen and oxygen atoms in total. The lowest BCUT2D eigenvalue weighted by Gasteiger charge is -2.14. The largest absolute Gasteiger partial charge is 0.386 e. The predicted molar refractivity (Wildman–Crippen MR) is 126 cm³/mol. The molecule has 0 spiro atoms. The minimum Gasteiger partial charge on any atom is -0.386 e. The van der Waals surface area contributed by atoms with Gasteiger partial charge in [-0.15, -0.1) is 35.3 Å². The highest BCUT2D eigenvalue weighted by atomic mass is 127. The molecule has 150 valence electrons. The summed E-state index contributed by atoms with van der Waals surface area (Å²) < 4.78 is 2.50. The highest BCUT2D eigenvalue weighted by Gasteiger charge is 2.11. The summed E-state index contributed by atoms with van der Waals surface area (Å²) in [6.07, 6.45) is 3.14. The fourth-order valence-corrected chi connectivity index (χ4v) is 3.52. The molecule has 0 radical (unpaired) electrons. The van der Waals surface area contributed by atoms with Crippen LogP contribution in [0.4, 0.5) is 0 Å². The molecule has 3 aromatic rings. The number of hydrogen-bond acceptors (Lipinski definition) is 4. The lowest BCUT2D eigenvalue weighted by atomic mass is 10.3. The topological polar surface area (TPSA) is 74.5 Å². The number of halogens is 2. The van der Waals surface area contributed by atoms with E-state index in [0.717, 1.165) is 22.7 Å². The van der Waals surface area contributed by atoms with Gasteiger partial charge in [-0.1, -0.05) is 29.8 Å². The first kappa shape index (κ1) is 22.7. The van der Waals surface area contributed by atoms with Crippen molar-refractivity contribution in [3.63, 3.8) is 0 Å². The first-order valence-corrected chi connectivity index (χ1v) is 9.89. The van der Waals surface area contributed by atoms with Crippen molar-refractivity contribution >= 4 is 52.9 Å². The Hall–Kier alpha value is -1.62. The smallest absolute Gasteiger partial charge is 0.191 e. The maximum atomic E-state index is 10.3. The third-order valence-electron chi connectivity index (χ3n) is 3.81. The van der Waals surface area contributed by atoms with Crippen LogP contribution < -0.4 is 10.6 Å². The van der Waals surface area contributed by atoms with Crippen molar-refractivity contribution in [1.82, 2.24) is 20.4 Å². The van der Waals surface area contributed by atoms with Gasteiger partial charge in [0.25, 0.3) is 0 Å². The molecule has 3 rings (SSSR count). The van der Waals surface area contributed by atoms with E-state index in [2.05, 4.69) is 20.7 Å². The minimum absolute atomic E-state index is 0. The van der Waals surface area contributed by atoms with Crippen LogP contribution in [0.15, 0.2) is 59.9 Å². The second kappa shape index (κ2) is 11.4. The van der Waals surface area contributed by atoms with E-state index in [1.54, 1.807) is 6.07 Å².